The molecule has 1 aromatic carbocycles. The van der Waals surface area contributed by atoms with Gasteiger partial charge in [-0.1, -0.05) is 12.1 Å². The fourth-order valence-corrected chi connectivity index (χ4v) is 5.71. The highest BCUT2D eigenvalue weighted by Crippen LogP contribution is 2.50. The third kappa shape index (κ3) is 3.63. The van der Waals surface area contributed by atoms with Crippen LogP contribution < -0.4 is 4.90 Å². The number of nitrogens with zero attached hydrogens (tertiary/aromatic N) is 6. The first kappa shape index (κ1) is 20.9. The first-order chi connectivity index (χ1) is 14.2. The minimum Gasteiger partial charge on any atom is -0.336 e. The molecule has 1 atom stereocenters. The first-order valence-electron chi connectivity index (χ1n) is 10.1. The Morgan fingerprint density at radius 1 is 1.23 bits per heavy atom. The van der Waals surface area contributed by atoms with Crippen molar-refractivity contribution >= 4 is 24.7 Å². The van der Waals surface area contributed by atoms with E-state index in [0.717, 1.165) is 17.5 Å². The van der Waals surface area contributed by atoms with Crippen LogP contribution in [0.5, 0.6) is 0 Å². The van der Waals surface area contributed by atoms with E-state index in [1.807, 2.05) is 60.6 Å². The lowest BCUT2D eigenvalue weighted by atomic mass is 9.86. The summed E-state index contributed by atoms with van der Waals surface area (Å²) in [6.45, 7) is 6.76. The summed E-state index contributed by atoms with van der Waals surface area (Å²) in [6.07, 6.45) is 4.96. The molecule has 10 heteroatoms. The summed E-state index contributed by atoms with van der Waals surface area (Å²) in [7, 11) is -4.36. The van der Waals surface area contributed by atoms with Gasteiger partial charge >= 0.3 is 7.75 Å². The van der Waals surface area contributed by atoms with Crippen molar-refractivity contribution in [3.05, 3.63) is 42.9 Å². The average molecular weight is 430 g/mol. The number of hydrogen-bond donors (Lipinski definition) is 2. The molecule has 1 fully saturated rings. The lowest BCUT2D eigenvalue weighted by Gasteiger charge is -2.51. The van der Waals surface area contributed by atoms with Crippen molar-refractivity contribution in [2.75, 3.05) is 18.0 Å². The zero-order valence-electron chi connectivity index (χ0n) is 17.4. The number of benzene rings is 1. The van der Waals surface area contributed by atoms with E-state index in [9.17, 15) is 14.4 Å². The summed E-state index contributed by atoms with van der Waals surface area (Å²) < 4.78 is 15.3. The molecule has 160 valence electrons. The molecule has 30 heavy (non-hydrogen) atoms. The Labute approximate surface area is 175 Å². The maximum absolute atomic E-state index is 12.1. The number of aromatic nitrogens is 4. The minimum absolute atomic E-state index is 0.140. The smallest absolute Gasteiger partial charge is 0.336 e. The molecular weight excluding hydrogens is 403 g/mol. The van der Waals surface area contributed by atoms with E-state index < -0.39 is 13.3 Å². The van der Waals surface area contributed by atoms with E-state index in [4.69, 9.17) is 4.98 Å². The highest BCUT2D eigenvalue weighted by atomic mass is 31.2. The van der Waals surface area contributed by atoms with Crippen molar-refractivity contribution in [1.29, 1.82) is 0 Å². The predicted octanol–water partition coefficient (Wildman–Crippen LogP) is 2.98. The Kier molecular flexibility index (Phi) is 5.40. The van der Waals surface area contributed by atoms with Crippen molar-refractivity contribution in [3.63, 3.8) is 0 Å². The van der Waals surface area contributed by atoms with Gasteiger partial charge in [0.2, 0.25) is 5.95 Å². The van der Waals surface area contributed by atoms with Gasteiger partial charge in [0.1, 0.15) is 12.1 Å². The normalized spacial score (nSPS) is 19.8. The van der Waals surface area contributed by atoms with Crippen LogP contribution in [0.4, 0.5) is 5.95 Å². The average Bonchev–Trinajstić information content (AvgIpc) is 3.13. The van der Waals surface area contributed by atoms with Crippen molar-refractivity contribution < 1.29 is 14.4 Å². The maximum Gasteiger partial charge on any atom is 0.403 e. The van der Waals surface area contributed by atoms with E-state index in [2.05, 4.69) is 9.97 Å². The van der Waals surface area contributed by atoms with E-state index in [-0.39, 0.29) is 6.04 Å². The quantitative estimate of drug-likeness (QED) is 0.595. The number of likely N-dealkylation sites (N-methyl/N-ethyl adjacent to an activating group) is 1. The number of hydrogen-bond acceptors (Lipinski definition) is 5. The molecule has 0 saturated carbocycles. The summed E-state index contributed by atoms with van der Waals surface area (Å²) in [5, 5.41) is 0. The minimum atomic E-state index is -4.36. The monoisotopic (exact) mass is 430 g/mol. The van der Waals surface area contributed by atoms with Crippen LogP contribution in [0.25, 0.3) is 16.9 Å². The fourth-order valence-electron chi connectivity index (χ4n) is 4.51. The lowest BCUT2D eigenvalue weighted by molar-refractivity contribution is 0.101. The molecule has 4 rings (SSSR count). The number of fused-ring (bicyclic) bond motifs is 1. The molecule has 0 amide bonds. The van der Waals surface area contributed by atoms with E-state index >= 15 is 0 Å². The molecule has 9 nitrogen and oxygen atoms in total. The van der Waals surface area contributed by atoms with Crippen molar-refractivity contribution in [2.24, 2.45) is 0 Å². The van der Waals surface area contributed by atoms with Crippen LogP contribution in [0, 0.1) is 0 Å². The summed E-state index contributed by atoms with van der Waals surface area (Å²) >= 11 is 0. The molecule has 1 aliphatic heterocycles. The maximum atomic E-state index is 12.1. The molecule has 0 aliphatic carbocycles. The van der Waals surface area contributed by atoms with Crippen LogP contribution in [0.1, 0.15) is 33.6 Å². The largest absolute Gasteiger partial charge is 0.403 e. The van der Waals surface area contributed by atoms with Gasteiger partial charge in [-0.05, 0) is 51.8 Å². The van der Waals surface area contributed by atoms with Gasteiger partial charge in [0.25, 0.3) is 0 Å². The van der Waals surface area contributed by atoms with E-state index in [1.165, 1.54) is 4.67 Å². The molecule has 0 radical (unpaired) electrons. The number of anilines is 1. The summed E-state index contributed by atoms with van der Waals surface area (Å²) in [4.78, 5) is 35.5. The molecule has 3 heterocycles. The van der Waals surface area contributed by atoms with Crippen molar-refractivity contribution in [1.82, 2.24) is 24.2 Å². The van der Waals surface area contributed by atoms with Gasteiger partial charge in [-0.25, -0.2) is 19.2 Å². The van der Waals surface area contributed by atoms with Gasteiger partial charge in [0.15, 0.2) is 0 Å². The van der Waals surface area contributed by atoms with Crippen LogP contribution in [-0.2, 0) is 4.57 Å². The topological polar surface area (TPSA) is 108 Å². The van der Waals surface area contributed by atoms with E-state index in [0.29, 0.717) is 31.3 Å². The van der Waals surface area contributed by atoms with Gasteiger partial charge in [-0.15, -0.1) is 0 Å². The third-order valence-electron chi connectivity index (χ3n) is 5.95. The molecule has 3 aromatic rings. The summed E-state index contributed by atoms with van der Waals surface area (Å²) in [5.41, 5.74) is 1.10. The highest BCUT2D eigenvalue weighted by Gasteiger charge is 2.48. The molecule has 0 bridgehead atoms. The fraction of sp³-hybridized carbons (Fsp3) is 0.450. The number of piperidine rings is 1. The van der Waals surface area contributed by atoms with Gasteiger partial charge in [-0.2, -0.15) is 4.98 Å². The zero-order chi connectivity index (χ0) is 21.5. The third-order valence-corrected chi connectivity index (χ3v) is 7.29. The van der Waals surface area contributed by atoms with Crippen molar-refractivity contribution in [2.45, 2.75) is 45.2 Å². The Hall–Kier alpha value is -2.32. The van der Waals surface area contributed by atoms with Gasteiger partial charge in [-0.3, -0.25) is 4.57 Å². The molecule has 1 aliphatic rings. The molecule has 0 spiro atoms. The highest BCUT2D eigenvalue weighted by molar-refractivity contribution is 7.49. The Bertz CT molecular complexity index is 1090. The second kappa shape index (κ2) is 7.74. The summed E-state index contributed by atoms with van der Waals surface area (Å²) in [5.74, 6) is 1.24. The Balaban J connectivity index is 1.72. The predicted molar refractivity (Wildman–Crippen MR) is 116 cm³/mol. The van der Waals surface area contributed by atoms with Gasteiger partial charge < -0.3 is 14.7 Å². The Morgan fingerprint density at radius 3 is 2.73 bits per heavy atom. The number of imidazole rings is 1. The molecular formula is C20H27N6O3P. The summed E-state index contributed by atoms with van der Waals surface area (Å²) in [6, 6.07) is 9.54. The second-order valence-electron chi connectivity index (χ2n) is 8.05. The van der Waals surface area contributed by atoms with Gasteiger partial charge in [0, 0.05) is 24.8 Å². The van der Waals surface area contributed by atoms with Gasteiger partial charge in [0.05, 0.1) is 17.1 Å². The van der Waals surface area contributed by atoms with Crippen LogP contribution in [0.15, 0.2) is 42.9 Å². The number of rotatable bonds is 5. The van der Waals surface area contributed by atoms with Crippen LogP contribution >= 0.6 is 7.75 Å². The molecule has 1 saturated heterocycles. The molecule has 2 N–H and O–H groups in total. The SMILES string of the molecule is CCN(c1nccc(-n2cnc3ccccc32)n1)C1CCCN(P(=O)(O)O)C1(C)C. The Morgan fingerprint density at radius 2 is 2.00 bits per heavy atom. The standard InChI is InChI=1S/C20H27N6O3P/c1-4-24(17-10-7-13-26(20(17,2)3)30(27,28)29)19-21-12-11-18(23-19)25-14-22-15-8-5-6-9-16(15)25/h5-6,8-9,11-12,14,17H,4,7,10,13H2,1-3H3,(H2,27,28,29). The van der Waals surface area contributed by atoms with Crippen LogP contribution in [0.3, 0.4) is 0 Å². The first-order valence-corrected chi connectivity index (χ1v) is 11.7. The van der Waals surface area contributed by atoms with E-state index in [1.54, 1.807) is 12.5 Å². The lowest BCUT2D eigenvalue weighted by Crippen LogP contribution is -2.61. The second-order valence-corrected chi connectivity index (χ2v) is 9.56. The van der Waals surface area contributed by atoms with Crippen LogP contribution in [-0.4, -0.2) is 58.6 Å². The molecule has 1 unspecified atom stereocenters. The number of para-hydroxylation sites is 2. The molecule has 2 aromatic heterocycles. The zero-order valence-corrected chi connectivity index (χ0v) is 18.3. The van der Waals surface area contributed by atoms with Crippen molar-refractivity contribution in [3.8, 4) is 5.82 Å². The van der Waals surface area contributed by atoms with Crippen LogP contribution in [0.2, 0.25) is 0 Å².